The van der Waals surface area contributed by atoms with Crippen molar-refractivity contribution in [2.45, 2.75) is 26.5 Å². The van der Waals surface area contributed by atoms with E-state index in [1.165, 1.54) is 0 Å². The average molecular weight is 392 g/mol. The van der Waals surface area contributed by atoms with E-state index in [0.29, 0.717) is 17.9 Å². The van der Waals surface area contributed by atoms with Crippen LogP contribution in [0.4, 0.5) is 0 Å². The number of rotatable bonds is 6. The Bertz CT molecular complexity index is 1070. The van der Waals surface area contributed by atoms with Gasteiger partial charge in [0.25, 0.3) is 5.91 Å². The van der Waals surface area contributed by atoms with Gasteiger partial charge >= 0.3 is 0 Å². The second kappa shape index (κ2) is 7.86. The van der Waals surface area contributed by atoms with Crippen molar-refractivity contribution in [3.05, 3.63) is 82.0 Å². The number of aryl methyl sites for hydroxylation is 1. The van der Waals surface area contributed by atoms with Gasteiger partial charge < -0.3 is 14.5 Å². The molecule has 0 aliphatic heterocycles. The standard InChI is InChI=1S/C22H20N2O3S/c1-14(21-11-17-5-3-4-6-20(17)27-21)23-22(25)16-7-9-19(10-8-16)26-12-18-13-28-15(2)24-18/h3-11,13-14H,12H2,1-2H3,(H,23,25)/t14-/m1/s1. The summed E-state index contributed by atoms with van der Waals surface area (Å²) < 4.78 is 11.5. The molecule has 0 bridgehead atoms. The molecule has 5 nitrogen and oxygen atoms in total. The molecule has 0 aliphatic carbocycles. The quantitative estimate of drug-likeness (QED) is 0.486. The summed E-state index contributed by atoms with van der Waals surface area (Å²) in [6.07, 6.45) is 0. The first-order chi connectivity index (χ1) is 13.6. The summed E-state index contributed by atoms with van der Waals surface area (Å²) in [5, 5.41) is 7.00. The van der Waals surface area contributed by atoms with Crippen LogP contribution in [0.3, 0.4) is 0 Å². The summed E-state index contributed by atoms with van der Waals surface area (Å²) in [6, 6.07) is 16.6. The van der Waals surface area contributed by atoms with Crippen molar-refractivity contribution in [3.63, 3.8) is 0 Å². The summed E-state index contributed by atoms with van der Waals surface area (Å²) in [5.41, 5.74) is 2.29. The molecule has 142 valence electrons. The number of para-hydroxylation sites is 1. The Morgan fingerprint density at radius 3 is 2.71 bits per heavy atom. The van der Waals surface area contributed by atoms with E-state index in [2.05, 4.69) is 10.3 Å². The number of benzene rings is 2. The molecular weight excluding hydrogens is 372 g/mol. The Labute approximate surface area is 167 Å². The normalized spacial score (nSPS) is 12.1. The van der Waals surface area contributed by atoms with Gasteiger partial charge in [-0.2, -0.15) is 0 Å². The Morgan fingerprint density at radius 1 is 1.21 bits per heavy atom. The average Bonchev–Trinajstić information content (AvgIpc) is 3.32. The summed E-state index contributed by atoms with van der Waals surface area (Å²) in [5.74, 6) is 1.27. The number of carbonyl (C=O) groups excluding carboxylic acids is 1. The number of furan rings is 1. The smallest absolute Gasteiger partial charge is 0.251 e. The summed E-state index contributed by atoms with van der Waals surface area (Å²) in [6.45, 7) is 4.29. The summed E-state index contributed by atoms with van der Waals surface area (Å²) in [7, 11) is 0. The van der Waals surface area contributed by atoms with Gasteiger partial charge in [0, 0.05) is 16.3 Å². The zero-order valence-corrected chi connectivity index (χ0v) is 16.5. The highest BCUT2D eigenvalue weighted by Crippen LogP contribution is 2.24. The number of amides is 1. The molecule has 2 aromatic carbocycles. The maximum absolute atomic E-state index is 12.5. The number of nitrogens with one attached hydrogen (secondary N) is 1. The van der Waals surface area contributed by atoms with Gasteiger partial charge in [-0.25, -0.2) is 4.98 Å². The van der Waals surface area contributed by atoms with Crippen LogP contribution in [0.1, 0.15) is 39.8 Å². The maximum atomic E-state index is 12.5. The molecule has 1 atom stereocenters. The lowest BCUT2D eigenvalue weighted by Gasteiger charge is -2.12. The minimum Gasteiger partial charge on any atom is -0.487 e. The van der Waals surface area contributed by atoms with E-state index in [-0.39, 0.29) is 11.9 Å². The monoisotopic (exact) mass is 392 g/mol. The minimum atomic E-state index is -0.233. The molecule has 28 heavy (non-hydrogen) atoms. The lowest BCUT2D eigenvalue weighted by atomic mass is 10.1. The van der Waals surface area contributed by atoms with Crippen LogP contribution in [0.2, 0.25) is 0 Å². The first-order valence-electron chi connectivity index (χ1n) is 9.02. The summed E-state index contributed by atoms with van der Waals surface area (Å²) >= 11 is 1.60. The van der Waals surface area contributed by atoms with Crippen LogP contribution in [0, 0.1) is 6.92 Å². The first-order valence-corrected chi connectivity index (χ1v) is 9.89. The van der Waals surface area contributed by atoms with Gasteiger partial charge in [-0.05, 0) is 50.2 Å². The van der Waals surface area contributed by atoms with E-state index in [0.717, 1.165) is 27.4 Å². The lowest BCUT2D eigenvalue weighted by Crippen LogP contribution is -2.26. The number of hydrogen-bond donors (Lipinski definition) is 1. The van der Waals surface area contributed by atoms with Crippen LogP contribution < -0.4 is 10.1 Å². The molecule has 4 aromatic rings. The number of thiazole rings is 1. The molecule has 2 aromatic heterocycles. The van der Waals surface area contributed by atoms with Crippen LogP contribution in [0.25, 0.3) is 11.0 Å². The second-order valence-corrected chi connectivity index (χ2v) is 7.61. The van der Waals surface area contributed by atoms with Gasteiger partial charge in [0.2, 0.25) is 0 Å². The van der Waals surface area contributed by atoms with Crippen LogP contribution in [0.5, 0.6) is 5.75 Å². The third-order valence-electron chi connectivity index (χ3n) is 4.39. The fourth-order valence-corrected chi connectivity index (χ4v) is 3.50. The first kappa shape index (κ1) is 18.3. The molecule has 0 aliphatic rings. The van der Waals surface area contributed by atoms with Gasteiger partial charge in [0.05, 0.1) is 16.7 Å². The van der Waals surface area contributed by atoms with Crippen molar-refractivity contribution in [1.29, 1.82) is 0 Å². The molecule has 1 N–H and O–H groups in total. The van der Waals surface area contributed by atoms with Gasteiger partial charge in [-0.1, -0.05) is 18.2 Å². The topological polar surface area (TPSA) is 64.4 Å². The zero-order chi connectivity index (χ0) is 19.5. The number of carbonyl (C=O) groups is 1. The van der Waals surface area contributed by atoms with E-state index in [1.807, 2.05) is 49.6 Å². The molecular formula is C22H20N2O3S. The molecule has 6 heteroatoms. The van der Waals surface area contributed by atoms with Gasteiger partial charge in [-0.3, -0.25) is 4.79 Å². The van der Waals surface area contributed by atoms with E-state index in [9.17, 15) is 4.79 Å². The highest BCUT2D eigenvalue weighted by molar-refractivity contribution is 7.09. The van der Waals surface area contributed by atoms with Gasteiger partial charge in [0.1, 0.15) is 23.7 Å². The molecule has 0 radical (unpaired) electrons. The third kappa shape index (κ3) is 4.07. The largest absolute Gasteiger partial charge is 0.487 e. The highest BCUT2D eigenvalue weighted by atomic mass is 32.1. The minimum absolute atomic E-state index is 0.158. The van der Waals surface area contributed by atoms with Crippen molar-refractivity contribution in [1.82, 2.24) is 10.3 Å². The van der Waals surface area contributed by atoms with Crippen LogP contribution in [-0.4, -0.2) is 10.9 Å². The van der Waals surface area contributed by atoms with Crippen molar-refractivity contribution in [3.8, 4) is 5.75 Å². The second-order valence-electron chi connectivity index (χ2n) is 6.55. The lowest BCUT2D eigenvalue weighted by molar-refractivity contribution is 0.0935. The Morgan fingerprint density at radius 2 is 2.00 bits per heavy atom. The van der Waals surface area contributed by atoms with Crippen molar-refractivity contribution >= 4 is 28.2 Å². The molecule has 4 rings (SSSR count). The number of aromatic nitrogens is 1. The molecule has 0 fully saturated rings. The maximum Gasteiger partial charge on any atom is 0.251 e. The third-order valence-corrected chi connectivity index (χ3v) is 5.21. The predicted octanol–water partition coefficient (Wildman–Crippen LogP) is 5.27. The SMILES string of the molecule is Cc1nc(COc2ccc(C(=O)N[C@H](C)c3cc4ccccc4o3)cc2)cs1. The Kier molecular flexibility index (Phi) is 5.12. The summed E-state index contributed by atoms with van der Waals surface area (Å²) in [4.78, 5) is 16.9. The fraction of sp³-hybridized carbons (Fsp3) is 0.182. The molecule has 0 saturated carbocycles. The van der Waals surface area contributed by atoms with E-state index in [4.69, 9.17) is 9.15 Å². The van der Waals surface area contributed by atoms with Crippen molar-refractivity contribution in [2.24, 2.45) is 0 Å². The zero-order valence-electron chi connectivity index (χ0n) is 15.6. The Hall–Kier alpha value is -3.12. The van der Waals surface area contributed by atoms with E-state index >= 15 is 0 Å². The van der Waals surface area contributed by atoms with Crippen LogP contribution >= 0.6 is 11.3 Å². The number of fused-ring (bicyclic) bond motifs is 1. The van der Waals surface area contributed by atoms with Crippen molar-refractivity contribution in [2.75, 3.05) is 0 Å². The van der Waals surface area contributed by atoms with Crippen LogP contribution in [-0.2, 0) is 6.61 Å². The van der Waals surface area contributed by atoms with Crippen molar-refractivity contribution < 1.29 is 13.9 Å². The van der Waals surface area contributed by atoms with Gasteiger partial charge in [0.15, 0.2) is 0 Å². The van der Waals surface area contributed by atoms with E-state index in [1.54, 1.807) is 35.6 Å². The molecule has 0 unspecified atom stereocenters. The molecule has 2 heterocycles. The molecule has 0 saturated heterocycles. The fourth-order valence-electron chi connectivity index (χ4n) is 2.90. The van der Waals surface area contributed by atoms with Crippen LogP contribution in [0.15, 0.2) is 64.4 Å². The Balaban J connectivity index is 1.37. The number of ether oxygens (including phenoxy) is 1. The van der Waals surface area contributed by atoms with E-state index < -0.39 is 0 Å². The number of hydrogen-bond acceptors (Lipinski definition) is 5. The highest BCUT2D eigenvalue weighted by Gasteiger charge is 2.15. The predicted molar refractivity (Wildman–Crippen MR) is 110 cm³/mol. The molecule has 0 spiro atoms. The van der Waals surface area contributed by atoms with Gasteiger partial charge in [-0.15, -0.1) is 11.3 Å². The number of nitrogens with zero attached hydrogens (tertiary/aromatic N) is 1. The molecule has 1 amide bonds.